The number of rotatable bonds is 7. The van der Waals surface area contributed by atoms with Crippen molar-refractivity contribution < 1.29 is 27.3 Å². The Labute approximate surface area is 151 Å². The van der Waals surface area contributed by atoms with E-state index in [2.05, 4.69) is 5.32 Å². The summed E-state index contributed by atoms with van der Waals surface area (Å²) < 4.78 is 35.7. The van der Waals surface area contributed by atoms with Crippen molar-refractivity contribution in [3.63, 3.8) is 0 Å². The number of hydrogen-bond donors (Lipinski definition) is 3. The Morgan fingerprint density at radius 2 is 1.92 bits per heavy atom. The van der Waals surface area contributed by atoms with Crippen LogP contribution in [0.4, 0.5) is 5.69 Å². The van der Waals surface area contributed by atoms with E-state index in [0.717, 1.165) is 5.39 Å². The number of anilines is 1. The van der Waals surface area contributed by atoms with Crippen LogP contribution in [0.25, 0.3) is 10.8 Å². The van der Waals surface area contributed by atoms with Gasteiger partial charge in [-0.1, -0.05) is 30.3 Å². The third kappa shape index (κ3) is 4.93. The average molecular weight is 380 g/mol. The monoisotopic (exact) mass is 380 g/mol. The van der Waals surface area contributed by atoms with E-state index in [0.29, 0.717) is 5.39 Å². The lowest BCUT2D eigenvalue weighted by Gasteiger charge is -2.18. The van der Waals surface area contributed by atoms with Crippen molar-refractivity contribution in [1.29, 1.82) is 0 Å². The van der Waals surface area contributed by atoms with Gasteiger partial charge in [-0.3, -0.25) is 9.35 Å². The second kappa shape index (κ2) is 8.15. The lowest BCUT2D eigenvalue weighted by molar-refractivity contribution is -0.145. The second-order valence-electron chi connectivity index (χ2n) is 5.60. The van der Waals surface area contributed by atoms with E-state index in [1.54, 1.807) is 31.2 Å². The summed E-state index contributed by atoms with van der Waals surface area (Å²) in [6.07, 6.45) is -0.325. The van der Waals surface area contributed by atoms with Crippen molar-refractivity contribution in [3.05, 3.63) is 42.0 Å². The molecule has 0 aliphatic heterocycles. The van der Waals surface area contributed by atoms with Gasteiger partial charge < -0.3 is 15.8 Å². The molecule has 0 heterocycles. The largest absolute Gasteiger partial charge is 0.464 e. The highest BCUT2D eigenvalue weighted by atomic mass is 32.2. The molecule has 140 valence electrons. The first kappa shape index (κ1) is 19.7. The molecule has 0 saturated carbocycles. The van der Waals surface area contributed by atoms with Crippen molar-refractivity contribution in [2.24, 2.45) is 0 Å². The first-order valence-electron chi connectivity index (χ1n) is 7.93. The zero-order chi connectivity index (χ0) is 19.3. The van der Waals surface area contributed by atoms with Gasteiger partial charge in [0.05, 0.1) is 17.9 Å². The SMILES string of the molecule is CCOC(=O)[C@H](CCS(=O)(=O)O)NC(=O)c1c(N)ccc2ccccc12. The van der Waals surface area contributed by atoms with Crippen LogP contribution in [0.15, 0.2) is 36.4 Å². The molecule has 1 atom stereocenters. The van der Waals surface area contributed by atoms with E-state index in [1.165, 1.54) is 0 Å². The molecule has 9 heteroatoms. The molecule has 4 N–H and O–H groups in total. The number of hydrogen-bond acceptors (Lipinski definition) is 6. The van der Waals surface area contributed by atoms with Crippen LogP contribution in [0, 0.1) is 0 Å². The van der Waals surface area contributed by atoms with Crippen molar-refractivity contribution in [1.82, 2.24) is 5.32 Å². The Bertz CT molecular complexity index is 926. The maximum atomic E-state index is 12.7. The molecular weight excluding hydrogens is 360 g/mol. The predicted molar refractivity (Wildman–Crippen MR) is 97.3 cm³/mol. The molecule has 0 unspecified atom stereocenters. The van der Waals surface area contributed by atoms with Crippen molar-refractivity contribution >= 4 is 38.5 Å². The lowest BCUT2D eigenvalue weighted by Crippen LogP contribution is -2.43. The first-order valence-corrected chi connectivity index (χ1v) is 9.53. The highest BCUT2D eigenvalue weighted by Crippen LogP contribution is 2.24. The molecule has 26 heavy (non-hydrogen) atoms. The van der Waals surface area contributed by atoms with E-state index in [4.69, 9.17) is 15.0 Å². The quantitative estimate of drug-likeness (QED) is 0.375. The molecule has 2 aromatic carbocycles. The predicted octanol–water partition coefficient (Wildman–Crippen LogP) is 1.36. The van der Waals surface area contributed by atoms with E-state index in [1.807, 2.05) is 12.1 Å². The maximum Gasteiger partial charge on any atom is 0.328 e. The molecule has 0 saturated heterocycles. The van der Waals surface area contributed by atoms with E-state index in [9.17, 15) is 18.0 Å². The van der Waals surface area contributed by atoms with Gasteiger partial charge in [0.2, 0.25) is 0 Å². The number of ether oxygens (including phenoxy) is 1. The number of carbonyl (C=O) groups excluding carboxylic acids is 2. The minimum Gasteiger partial charge on any atom is -0.464 e. The number of nitrogens with one attached hydrogen (secondary N) is 1. The molecule has 0 aliphatic rings. The number of carbonyl (C=O) groups is 2. The van der Waals surface area contributed by atoms with Gasteiger partial charge in [0, 0.05) is 5.69 Å². The lowest BCUT2D eigenvalue weighted by atomic mass is 10.0. The molecule has 0 aromatic heterocycles. The van der Waals surface area contributed by atoms with Crippen molar-refractivity contribution in [2.75, 3.05) is 18.1 Å². The molecule has 0 spiro atoms. The first-order chi connectivity index (χ1) is 12.2. The van der Waals surface area contributed by atoms with E-state index in [-0.39, 0.29) is 24.3 Å². The van der Waals surface area contributed by atoms with Crippen molar-refractivity contribution in [3.8, 4) is 0 Å². The van der Waals surface area contributed by atoms with Gasteiger partial charge in [0.15, 0.2) is 0 Å². The van der Waals surface area contributed by atoms with Gasteiger partial charge >= 0.3 is 5.97 Å². The highest BCUT2D eigenvalue weighted by molar-refractivity contribution is 7.85. The van der Waals surface area contributed by atoms with Crippen LogP contribution in [0.1, 0.15) is 23.7 Å². The minimum absolute atomic E-state index is 0.0630. The maximum absolute atomic E-state index is 12.7. The molecule has 8 nitrogen and oxygen atoms in total. The zero-order valence-electron chi connectivity index (χ0n) is 14.1. The summed E-state index contributed by atoms with van der Waals surface area (Å²) in [6.45, 7) is 1.65. The fourth-order valence-electron chi connectivity index (χ4n) is 2.53. The van der Waals surface area contributed by atoms with Crippen LogP contribution in [0.5, 0.6) is 0 Å². The minimum atomic E-state index is -4.29. The van der Waals surface area contributed by atoms with Crippen LogP contribution in [0.3, 0.4) is 0 Å². The Hall–Kier alpha value is -2.65. The summed E-state index contributed by atoms with van der Waals surface area (Å²) in [7, 11) is -4.29. The Morgan fingerprint density at radius 1 is 1.23 bits per heavy atom. The van der Waals surface area contributed by atoms with Gasteiger partial charge in [-0.15, -0.1) is 0 Å². The number of nitrogen functional groups attached to an aromatic ring is 1. The third-order valence-corrected chi connectivity index (χ3v) is 4.48. The average Bonchev–Trinajstić information content (AvgIpc) is 2.57. The van der Waals surface area contributed by atoms with Gasteiger partial charge in [-0.05, 0) is 30.2 Å². The van der Waals surface area contributed by atoms with Crippen LogP contribution in [-0.2, 0) is 19.6 Å². The molecule has 1 amide bonds. The fourth-order valence-corrected chi connectivity index (χ4v) is 3.06. The Morgan fingerprint density at radius 3 is 2.58 bits per heavy atom. The highest BCUT2D eigenvalue weighted by Gasteiger charge is 2.26. The summed E-state index contributed by atoms with van der Waals surface area (Å²) in [5.74, 6) is -2.11. The third-order valence-electron chi connectivity index (χ3n) is 3.73. The van der Waals surface area contributed by atoms with Crippen LogP contribution < -0.4 is 11.1 Å². The van der Waals surface area contributed by atoms with Gasteiger partial charge in [0.25, 0.3) is 16.0 Å². The van der Waals surface area contributed by atoms with E-state index < -0.39 is 33.8 Å². The number of benzene rings is 2. The topological polar surface area (TPSA) is 136 Å². The summed E-state index contributed by atoms with van der Waals surface area (Å²) in [6, 6.07) is 9.21. The van der Waals surface area contributed by atoms with Gasteiger partial charge in [-0.2, -0.15) is 8.42 Å². The second-order valence-corrected chi connectivity index (χ2v) is 7.18. The summed E-state index contributed by atoms with van der Waals surface area (Å²) in [5.41, 5.74) is 6.33. The summed E-state index contributed by atoms with van der Waals surface area (Å²) >= 11 is 0. The normalized spacial score (nSPS) is 12.5. The van der Waals surface area contributed by atoms with Gasteiger partial charge in [-0.25, -0.2) is 4.79 Å². The Balaban J connectivity index is 2.31. The molecule has 0 aliphatic carbocycles. The molecule has 0 bridgehead atoms. The van der Waals surface area contributed by atoms with Gasteiger partial charge in [0.1, 0.15) is 6.04 Å². The van der Waals surface area contributed by atoms with E-state index >= 15 is 0 Å². The number of fused-ring (bicyclic) bond motifs is 1. The number of amides is 1. The van der Waals surface area contributed by atoms with Crippen LogP contribution >= 0.6 is 0 Å². The standard InChI is InChI=1S/C17H20N2O6S/c1-2-25-17(21)14(9-10-26(22,23)24)19-16(20)15-12-6-4-3-5-11(12)7-8-13(15)18/h3-8,14H,2,9-10,18H2,1H3,(H,19,20)(H,22,23,24)/t14-/m0/s1. The molecule has 0 radical (unpaired) electrons. The number of esters is 1. The Kier molecular flexibility index (Phi) is 6.17. The van der Waals surface area contributed by atoms with Crippen LogP contribution in [-0.4, -0.2) is 43.2 Å². The fraction of sp³-hybridized carbons (Fsp3) is 0.294. The number of nitrogens with two attached hydrogens (primary N) is 1. The van der Waals surface area contributed by atoms with Crippen molar-refractivity contribution in [2.45, 2.75) is 19.4 Å². The van der Waals surface area contributed by atoms with Crippen LogP contribution in [0.2, 0.25) is 0 Å². The summed E-state index contributed by atoms with van der Waals surface area (Å²) in [4.78, 5) is 24.7. The molecular formula is C17H20N2O6S. The molecule has 0 fully saturated rings. The molecule has 2 rings (SSSR count). The zero-order valence-corrected chi connectivity index (χ0v) is 15.0. The molecule has 2 aromatic rings. The summed E-state index contributed by atoms with van der Waals surface area (Å²) in [5, 5.41) is 3.84. The smallest absolute Gasteiger partial charge is 0.328 e.